The minimum atomic E-state index is -4.42. The van der Waals surface area contributed by atoms with Crippen LogP contribution in [-0.4, -0.2) is 11.2 Å². The van der Waals surface area contributed by atoms with E-state index in [0.29, 0.717) is 0 Å². The predicted octanol–water partition coefficient (Wildman–Crippen LogP) is 1.64. The summed E-state index contributed by atoms with van der Waals surface area (Å²) < 4.78 is 35.9. The summed E-state index contributed by atoms with van der Waals surface area (Å²) in [4.78, 5) is 3.50. The number of aromatic nitrogens is 1. The number of alkyl halides is 3. The minimum absolute atomic E-state index is 0.162. The molecular formula is C7H7F3N2. The van der Waals surface area contributed by atoms with Crippen molar-refractivity contribution in [1.82, 2.24) is 4.98 Å². The van der Waals surface area contributed by atoms with Gasteiger partial charge in [-0.05, 0) is 12.1 Å². The van der Waals surface area contributed by atoms with Gasteiger partial charge in [0.15, 0.2) is 0 Å². The molecule has 0 aliphatic rings. The summed E-state index contributed by atoms with van der Waals surface area (Å²) in [5, 5.41) is 0. The largest absolute Gasteiger partial charge is 0.409 e. The Labute approximate surface area is 67.2 Å². The van der Waals surface area contributed by atoms with Crippen molar-refractivity contribution >= 4 is 0 Å². The normalized spacial score (nSPS) is 14.3. The van der Waals surface area contributed by atoms with Gasteiger partial charge in [-0.3, -0.25) is 4.98 Å². The molecule has 0 unspecified atom stereocenters. The first-order chi connectivity index (χ1) is 5.52. The van der Waals surface area contributed by atoms with E-state index in [4.69, 9.17) is 5.73 Å². The van der Waals surface area contributed by atoms with Crippen LogP contribution in [0.1, 0.15) is 11.7 Å². The smallest absolute Gasteiger partial charge is 0.315 e. The van der Waals surface area contributed by atoms with Crippen LogP contribution in [0.25, 0.3) is 0 Å². The van der Waals surface area contributed by atoms with Crippen molar-refractivity contribution in [2.45, 2.75) is 12.2 Å². The van der Waals surface area contributed by atoms with Gasteiger partial charge < -0.3 is 5.73 Å². The van der Waals surface area contributed by atoms with Gasteiger partial charge in [-0.2, -0.15) is 13.2 Å². The second-order valence-corrected chi connectivity index (χ2v) is 2.27. The molecule has 1 aromatic heterocycles. The Kier molecular flexibility index (Phi) is 2.32. The lowest BCUT2D eigenvalue weighted by molar-refractivity contribution is -0.150. The van der Waals surface area contributed by atoms with Crippen LogP contribution in [0.5, 0.6) is 0 Å². The summed E-state index contributed by atoms with van der Waals surface area (Å²) in [6.07, 6.45) is -3.14. The quantitative estimate of drug-likeness (QED) is 0.706. The summed E-state index contributed by atoms with van der Waals surface area (Å²) in [5.41, 5.74) is 4.72. The molecule has 0 saturated carbocycles. The maximum atomic E-state index is 12.0. The van der Waals surface area contributed by atoms with E-state index in [-0.39, 0.29) is 5.69 Å². The number of hydrogen-bond donors (Lipinski definition) is 1. The highest BCUT2D eigenvalue weighted by atomic mass is 19.4. The SMILES string of the molecule is N[C@@H](c1ccccn1)C(F)(F)F. The van der Waals surface area contributed by atoms with Crippen molar-refractivity contribution in [3.8, 4) is 0 Å². The second kappa shape index (κ2) is 3.10. The number of nitrogens with two attached hydrogens (primary N) is 1. The molecule has 0 saturated heterocycles. The Hall–Kier alpha value is -1.10. The summed E-state index contributed by atoms with van der Waals surface area (Å²) in [5.74, 6) is 0. The van der Waals surface area contributed by atoms with Gasteiger partial charge >= 0.3 is 6.18 Å². The lowest BCUT2D eigenvalue weighted by Gasteiger charge is -2.13. The van der Waals surface area contributed by atoms with Gasteiger partial charge in [-0.1, -0.05) is 6.07 Å². The third-order valence-electron chi connectivity index (χ3n) is 1.36. The highest BCUT2D eigenvalue weighted by Gasteiger charge is 2.38. The van der Waals surface area contributed by atoms with E-state index in [0.717, 1.165) is 0 Å². The molecule has 0 aliphatic carbocycles. The van der Waals surface area contributed by atoms with E-state index >= 15 is 0 Å². The molecule has 12 heavy (non-hydrogen) atoms. The third-order valence-corrected chi connectivity index (χ3v) is 1.36. The zero-order valence-corrected chi connectivity index (χ0v) is 6.05. The summed E-state index contributed by atoms with van der Waals surface area (Å²) in [6, 6.07) is 2.26. The molecule has 1 rings (SSSR count). The molecule has 0 amide bonds. The number of hydrogen-bond acceptors (Lipinski definition) is 2. The fourth-order valence-electron chi connectivity index (χ4n) is 0.728. The van der Waals surface area contributed by atoms with Crippen LogP contribution in [0.3, 0.4) is 0 Å². The van der Waals surface area contributed by atoms with Crippen LogP contribution in [0.15, 0.2) is 24.4 Å². The van der Waals surface area contributed by atoms with Crippen molar-refractivity contribution in [2.75, 3.05) is 0 Å². The highest BCUT2D eigenvalue weighted by Crippen LogP contribution is 2.28. The van der Waals surface area contributed by atoms with E-state index in [2.05, 4.69) is 4.98 Å². The van der Waals surface area contributed by atoms with Crippen LogP contribution >= 0.6 is 0 Å². The summed E-state index contributed by atoms with van der Waals surface area (Å²) in [6.45, 7) is 0. The number of halogens is 3. The average Bonchev–Trinajstić information content (AvgIpc) is 2.03. The van der Waals surface area contributed by atoms with Gasteiger partial charge in [0.05, 0.1) is 5.69 Å². The molecule has 1 heterocycles. The van der Waals surface area contributed by atoms with Gasteiger partial charge in [0.2, 0.25) is 0 Å². The molecule has 1 atom stereocenters. The van der Waals surface area contributed by atoms with Gasteiger partial charge in [0.1, 0.15) is 6.04 Å². The topological polar surface area (TPSA) is 38.9 Å². The number of rotatable bonds is 1. The molecule has 2 N–H and O–H groups in total. The predicted molar refractivity (Wildman–Crippen MR) is 37.2 cm³/mol. The van der Waals surface area contributed by atoms with Crippen LogP contribution in [0.2, 0.25) is 0 Å². The first-order valence-electron chi connectivity index (χ1n) is 3.25. The summed E-state index contributed by atoms with van der Waals surface area (Å²) in [7, 11) is 0. The molecule has 2 nitrogen and oxygen atoms in total. The molecule has 66 valence electrons. The minimum Gasteiger partial charge on any atom is -0.315 e. The lowest BCUT2D eigenvalue weighted by atomic mass is 10.2. The van der Waals surface area contributed by atoms with E-state index in [1.165, 1.54) is 24.4 Å². The van der Waals surface area contributed by atoms with Gasteiger partial charge in [0, 0.05) is 6.20 Å². The average molecular weight is 176 g/mol. The van der Waals surface area contributed by atoms with Crippen LogP contribution in [0.4, 0.5) is 13.2 Å². The van der Waals surface area contributed by atoms with Crippen LogP contribution < -0.4 is 5.73 Å². The Morgan fingerprint density at radius 2 is 2.00 bits per heavy atom. The van der Waals surface area contributed by atoms with Crippen LogP contribution in [0, 0.1) is 0 Å². The fraction of sp³-hybridized carbons (Fsp3) is 0.286. The molecule has 0 bridgehead atoms. The molecule has 0 radical (unpaired) electrons. The lowest BCUT2D eigenvalue weighted by Crippen LogP contribution is -2.29. The van der Waals surface area contributed by atoms with E-state index < -0.39 is 12.2 Å². The molecule has 0 fully saturated rings. The van der Waals surface area contributed by atoms with Gasteiger partial charge in [-0.25, -0.2) is 0 Å². The zero-order valence-electron chi connectivity index (χ0n) is 6.05. The van der Waals surface area contributed by atoms with Crippen molar-refractivity contribution in [3.63, 3.8) is 0 Å². The van der Waals surface area contributed by atoms with Gasteiger partial charge in [0.25, 0.3) is 0 Å². The van der Waals surface area contributed by atoms with Crippen LogP contribution in [-0.2, 0) is 0 Å². The Morgan fingerprint density at radius 3 is 2.42 bits per heavy atom. The standard InChI is InChI=1S/C7H7F3N2/c8-7(9,10)6(11)5-3-1-2-4-12-5/h1-4,6H,11H2/t6-/m0/s1. The molecule has 0 spiro atoms. The molecule has 5 heteroatoms. The molecule has 1 aromatic rings. The molecule has 0 aliphatic heterocycles. The Balaban J connectivity index is 2.86. The Morgan fingerprint density at radius 1 is 1.33 bits per heavy atom. The molecular weight excluding hydrogens is 169 g/mol. The second-order valence-electron chi connectivity index (χ2n) is 2.27. The van der Waals surface area contributed by atoms with Crippen molar-refractivity contribution in [2.24, 2.45) is 5.73 Å². The molecule has 0 aromatic carbocycles. The van der Waals surface area contributed by atoms with Crippen molar-refractivity contribution < 1.29 is 13.2 Å². The fourth-order valence-corrected chi connectivity index (χ4v) is 0.728. The first kappa shape index (κ1) is 8.99. The first-order valence-corrected chi connectivity index (χ1v) is 3.25. The van der Waals surface area contributed by atoms with E-state index in [9.17, 15) is 13.2 Å². The number of nitrogens with zero attached hydrogens (tertiary/aromatic N) is 1. The van der Waals surface area contributed by atoms with E-state index in [1.54, 1.807) is 0 Å². The Bertz CT molecular complexity index is 245. The highest BCUT2D eigenvalue weighted by molar-refractivity contribution is 5.09. The summed E-state index contributed by atoms with van der Waals surface area (Å²) >= 11 is 0. The zero-order chi connectivity index (χ0) is 9.19. The van der Waals surface area contributed by atoms with Gasteiger partial charge in [-0.15, -0.1) is 0 Å². The van der Waals surface area contributed by atoms with Crippen molar-refractivity contribution in [3.05, 3.63) is 30.1 Å². The monoisotopic (exact) mass is 176 g/mol. The van der Waals surface area contributed by atoms with Crippen molar-refractivity contribution in [1.29, 1.82) is 0 Å². The number of pyridine rings is 1. The van der Waals surface area contributed by atoms with E-state index in [1.807, 2.05) is 0 Å². The third kappa shape index (κ3) is 1.94. The maximum Gasteiger partial charge on any atom is 0.409 e. The maximum absolute atomic E-state index is 12.0.